The van der Waals surface area contributed by atoms with Gasteiger partial charge in [0.2, 0.25) is 0 Å². The van der Waals surface area contributed by atoms with Crippen molar-refractivity contribution in [3.05, 3.63) is 34.4 Å². The van der Waals surface area contributed by atoms with E-state index in [4.69, 9.17) is 11.6 Å². The predicted molar refractivity (Wildman–Crippen MR) is 82.4 cm³/mol. The van der Waals surface area contributed by atoms with E-state index in [0.717, 1.165) is 35.6 Å². The zero-order chi connectivity index (χ0) is 15.6. The van der Waals surface area contributed by atoms with Gasteiger partial charge in [0.15, 0.2) is 5.78 Å². The summed E-state index contributed by atoms with van der Waals surface area (Å²) in [6.45, 7) is 7.87. The Morgan fingerprint density at radius 3 is 2.43 bits per heavy atom. The van der Waals surface area contributed by atoms with Gasteiger partial charge in [0.1, 0.15) is 0 Å². The van der Waals surface area contributed by atoms with Crippen LogP contribution in [0, 0.1) is 13.8 Å². The van der Waals surface area contributed by atoms with Crippen molar-refractivity contribution in [2.45, 2.75) is 40.5 Å². The van der Waals surface area contributed by atoms with Gasteiger partial charge in [-0.25, -0.2) is 4.98 Å². The summed E-state index contributed by atoms with van der Waals surface area (Å²) in [5.74, 6) is 0.385. The maximum Gasteiger partial charge on any atom is 0.254 e. The average molecular weight is 307 g/mol. The zero-order valence-electron chi connectivity index (χ0n) is 12.8. The Morgan fingerprint density at radius 2 is 1.86 bits per heavy atom. The number of halogens is 1. The van der Waals surface area contributed by atoms with Crippen molar-refractivity contribution in [2.24, 2.45) is 0 Å². The zero-order valence-corrected chi connectivity index (χ0v) is 13.5. The standard InChI is InChI=1S/C15H19ClN4O/c1-5-12-13(6-2)18-19-15(17-12)20-9(3)7-11(10(20)4)14(21)8-16/h7H,5-6,8H2,1-4H3. The first-order valence-electron chi connectivity index (χ1n) is 7.04. The summed E-state index contributed by atoms with van der Waals surface area (Å²) < 4.78 is 1.85. The molecule has 6 heteroatoms. The predicted octanol–water partition coefficient (Wildman–Crippen LogP) is 2.83. The number of carbonyl (C=O) groups is 1. The molecule has 0 amide bonds. The maximum absolute atomic E-state index is 11.9. The Kier molecular flexibility index (Phi) is 4.73. The quantitative estimate of drug-likeness (QED) is 0.629. The molecule has 5 nitrogen and oxygen atoms in total. The molecule has 0 aliphatic rings. The molecular weight excluding hydrogens is 288 g/mol. The third-order valence-electron chi connectivity index (χ3n) is 3.55. The van der Waals surface area contributed by atoms with Gasteiger partial charge in [0.25, 0.3) is 5.95 Å². The van der Waals surface area contributed by atoms with Crippen LogP contribution in [0.5, 0.6) is 0 Å². The van der Waals surface area contributed by atoms with Gasteiger partial charge in [0.05, 0.1) is 17.3 Å². The molecule has 21 heavy (non-hydrogen) atoms. The highest BCUT2D eigenvalue weighted by Crippen LogP contribution is 2.20. The molecule has 2 aromatic heterocycles. The van der Waals surface area contributed by atoms with Crippen molar-refractivity contribution < 1.29 is 4.79 Å². The fourth-order valence-electron chi connectivity index (χ4n) is 2.45. The highest BCUT2D eigenvalue weighted by atomic mass is 35.5. The van der Waals surface area contributed by atoms with Crippen molar-refractivity contribution in [2.75, 3.05) is 5.88 Å². The number of Topliss-reactive ketones (excluding diaryl/α,β-unsaturated/α-hetero) is 1. The number of nitrogens with zero attached hydrogens (tertiary/aromatic N) is 4. The lowest BCUT2D eigenvalue weighted by molar-refractivity contribution is 0.102. The molecule has 0 saturated heterocycles. The van der Waals surface area contributed by atoms with Crippen LogP contribution in [0.4, 0.5) is 0 Å². The molecule has 2 rings (SSSR count). The van der Waals surface area contributed by atoms with Gasteiger partial charge in [-0.3, -0.25) is 9.36 Å². The molecule has 0 N–H and O–H groups in total. The van der Waals surface area contributed by atoms with Crippen LogP contribution in [-0.4, -0.2) is 31.4 Å². The molecule has 2 aromatic rings. The summed E-state index contributed by atoms with van der Waals surface area (Å²) in [6, 6.07) is 1.82. The van der Waals surface area contributed by atoms with Crippen LogP contribution in [0.2, 0.25) is 0 Å². The third-order valence-corrected chi connectivity index (χ3v) is 3.79. The van der Waals surface area contributed by atoms with Crippen LogP contribution in [0.15, 0.2) is 6.07 Å². The summed E-state index contributed by atoms with van der Waals surface area (Å²) in [5.41, 5.74) is 4.17. The van der Waals surface area contributed by atoms with Crippen LogP contribution >= 0.6 is 11.6 Å². The van der Waals surface area contributed by atoms with E-state index in [9.17, 15) is 4.79 Å². The Morgan fingerprint density at radius 1 is 1.19 bits per heavy atom. The molecule has 0 unspecified atom stereocenters. The molecule has 0 atom stereocenters. The number of hydrogen-bond acceptors (Lipinski definition) is 4. The fraction of sp³-hybridized carbons (Fsp3) is 0.467. The lowest BCUT2D eigenvalue weighted by atomic mass is 10.2. The molecule has 2 heterocycles. The first-order valence-corrected chi connectivity index (χ1v) is 7.57. The second-order valence-corrected chi connectivity index (χ2v) is 5.16. The topological polar surface area (TPSA) is 60.7 Å². The molecule has 0 aliphatic carbocycles. The van der Waals surface area contributed by atoms with Crippen molar-refractivity contribution in [3.63, 3.8) is 0 Å². The number of aromatic nitrogens is 4. The lowest BCUT2D eigenvalue weighted by Gasteiger charge is -2.10. The van der Waals surface area contributed by atoms with Gasteiger partial charge in [-0.1, -0.05) is 13.8 Å². The number of hydrogen-bond donors (Lipinski definition) is 0. The number of aryl methyl sites for hydroxylation is 3. The van der Waals surface area contributed by atoms with E-state index < -0.39 is 0 Å². The molecule has 112 valence electrons. The highest BCUT2D eigenvalue weighted by molar-refractivity contribution is 6.30. The van der Waals surface area contributed by atoms with E-state index in [1.807, 2.05) is 38.3 Å². The lowest BCUT2D eigenvalue weighted by Crippen LogP contribution is -2.12. The summed E-state index contributed by atoms with van der Waals surface area (Å²) in [4.78, 5) is 16.5. The van der Waals surface area contributed by atoms with E-state index in [1.54, 1.807) is 0 Å². The summed E-state index contributed by atoms with van der Waals surface area (Å²) in [6.07, 6.45) is 1.61. The number of rotatable bonds is 5. The van der Waals surface area contributed by atoms with E-state index in [0.29, 0.717) is 11.5 Å². The largest absolute Gasteiger partial charge is 0.293 e. The molecule has 0 saturated carbocycles. The van der Waals surface area contributed by atoms with Gasteiger partial charge >= 0.3 is 0 Å². The smallest absolute Gasteiger partial charge is 0.254 e. The summed E-state index contributed by atoms with van der Waals surface area (Å²) in [5, 5.41) is 8.46. The van der Waals surface area contributed by atoms with Crippen LogP contribution in [-0.2, 0) is 12.8 Å². The monoisotopic (exact) mass is 306 g/mol. The van der Waals surface area contributed by atoms with E-state index in [-0.39, 0.29) is 11.7 Å². The molecule has 0 spiro atoms. The summed E-state index contributed by atoms with van der Waals surface area (Å²) >= 11 is 5.65. The Bertz CT molecular complexity index is 679. The minimum Gasteiger partial charge on any atom is -0.293 e. The first-order chi connectivity index (χ1) is 10.0. The minimum atomic E-state index is -0.0927. The summed E-state index contributed by atoms with van der Waals surface area (Å²) in [7, 11) is 0. The van der Waals surface area contributed by atoms with Crippen molar-refractivity contribution in [1.82, 2.24) is 19.7 Å². The first kappa shape index (κ1) is 15.6. The van der Waals surface area contributed by atoms with Gasteiger partial charge in [-0.05, 0) is 32.8 Å². The van der Waals surface area contributed by atoms with Crippen LogP contribution in [0.3, 0.4) is 0 Å². The van der Waals surface area contributed by atoms with Gasteiger partial charge in [0, 0.05) is 17.0 Å². The van der Waals surface area contributed by atoms with Gasteiger partial charge in [-0.15, -0.1) is 21.8 Å². The molecule has 0 bridgehead atoms. The van der Waals surface area contributed by atoms with Crippen LogP contribution in [0.25, 0.3) is 5.95 Å². The molecule has 0 aliphatic heterocycles. The van der Waals surface area contributed by atoms with Gasteiger partial charge < -0.3 is 0 Å². The molecule has 0 aromatic carbocycles. The normalized spacial score (nSPS) is 10.9. The van der Waals surface area contributed by atoms with Gasteiger partial charge in [-0.2, -0.15) is 0 Å². The average Bonchev–Trinajstić information content (AvgIpc) is 2.80. The second-order valence-electron chi connectivity index (χ2n) is 4.89. The Labute approximate surface area is 129 Å². The van der Waals surface area contributed by atoms with Crippen molar-refractivity contribution in [1.29, 1.82) is 0 Å². The Hall–Kier alpha value is -1.75. The second kappa shape index (κ2) is 6.35. The molecule has 0 radical (unpaired) electrons. The van der Waals surface area contributed by atoms with E-state index in [1.165, 1.54) is 0 Å². The number of carbonyl (C=O) groups excluding carboxylic acids is 1. The number of ketones is 1. The molecular formula is C15H19ClN4O. The number of alkyl halides is 1. The molecule has 0 fully saturated rings. The van der Waals surface area contributed by atoms with Crippen molar-refractivity contribution >= 4 is 17.4 Å². The Balaban J connectivity index is 2.57. The SMILES string of the molecule is CCc1nnc(-n2c(C)cc(C(=O)CCl)c2C)nc1CC. The van der Waals surface area contributed by atoms with Crippen molar-refractivity contribution in [3.8, 4) is 5.95 Å². The minimum absolute atomic E-state index is 0.0294. The highest BCUT2D eigenvalue weighted by Gasteiger charge is 2.18. The van der Waals surface area contributed by atoms with Crippen LogP contribution < -0.4 is 0 Å². The van der Waals surface area contributed by atoms with Crippen LogP contribution in [0.1, 0.15) is 47.0 Å². The maximum atomic E-state index is 11.9. The van der Waals surface area contributed by atoms with E-state index >= 15 is 0 Å². The fourth-order valence-corrected chi connectivity index (χ4v) is 2.59. The van der Waals surface area contributed by atoms with E-state index in [2.05, 4.69) is 15.2 Å². The third kappa shape index (κ3) is 2.83.